The number of rotatable bonds is 3. The summed E-state index contributed by atoms with van der Waals surface area (Å²) < 4.78 is 7.03. The number of hydrogen-bond donors (Lipinski definition) is 1. The Morgan fingerprint density at radius 1 is 1.22 bits per heavy atom. The van der Waals surface area contributed by atoms with E-state index in [1.807, 2.05) is 24.3 Å². The quantitative estimate of drug-likeness (QED) is 0.881. The highest BCUT2D eigenvalue weighted by atomic mass is 16.5. The van der Waals surface area contributed by atoms with Gasteiger partial charge in [0.1, 0.15) is 6.33 Å². The lowest BCUT2D eigenvalue weighted by Crippen LogP contribution is -2.28. The van der Waals surface area contributed by atoms with E-state index in [2.05, 4.69) is 20.8 Å². The summed E-state index contributed by atoms with van der Waals surface area (Å²) in [7, 11) is 0. The van der Waals surface area contributed by atoms with E-state index in [1.165, 1.54) is 0 Å². The number of tetrazole rings is 1. The minimum Gasteiger partial charge on any atom is -0.381 e. The second-order valence-corrected chi connectivity index (χ2v) is 4.30. The maximum Gasteiger partial charge on any atom is 0.143 e. The van der Waals surface area contributed by atoms with Crippen molar-refractivity contribution in [1.29, 1.82) is 0 Å². The lowest BCUT2D eigenvalue weighted by Gasteiger charge is -2.25. The zero-order valence-electron chi connectivity index (χ0n) is 9.99. The number of nitrogens with one attached hydrogen (secondary N) is 1. The minimum absolute atomic E-state index is 0.455. The van der Waals surface area contributed by atoms with Crippen molar-refractivity contribution in [2.45, 2.75) is 18.9 Å². The van der Waals surface area contributed by atoms with Crippen LogP contribution in [0.3, 0.4) is 0 Å². The Morgan fingerprint density at radius 3 is 2.83 bits per heavy atom. The largest absolute Gasteiger partial charge is 0.381 e. The molecule has 0 amide bonds. The van der Waals surface area contributed by atoms with Gasteiger partial charge >= 0.3 is 0 Å². The molecule has 0 unspecified atom stereocenters. The summed E-state index contributed by atoms with van der Waals surface area (Å²) >= 11 is 0. The van der Waals surface area contributed by atoms with Crippen LogP contribution in [0.1, 0.15) is 12.8 Å². The summed E-state index contributed by atoms with van der Waals surface area (Å²) in [5.41, 5.74) is 2.02. The van der Waals surface area contributed by atoms with Gasteiger partial charge in [0.05, 0.1) is 11.4 Å². The number of benzene rings is 1. The highest BCUT2D eigenvalue weighted by Crippen LogP contribution is 2.21. The van der Waals surface area contributed by atoms with E-state index in [0.29, 0.717) is 6.04 Å². The molecule has 0 radical (unpaired) electrons. The van der Waals surface area contributed by atoms with Gasteiger partial charge in [0.25, 0.3) is 0 Å². The average Bonchev–Trinajstić information content (AvgIpc) is 2.94. The second-order valence-electron chi connectivity index (χ2n) is 4.30. The van der Waals surface area contributed by atoms with Gasteiger partial charge in [0.15, 0.2) is 0 Å². The van der Waals surface area contributed by atoms with Gasteiger partial charge in [-0.15, -0.1) is 5.10 Å². The van der Waals surface area contributed by atoms with Crippen LogP contribution in [-0.2, 0) is 4.74 Å². The van der Waals surface area contributed by atoms with Gasteiger partial charge in [-0.05, 0) is 35.4 Å². The molecule has 6 heteroatoms. The summed E-state index contributed by atoms with van der Waals surface area (Å²) in [6.45, 7) is 1.65. The first-order chi connectivity index (χ1) is 8.93. The summed E-state index contributed by atoms with van der Waals surface area (Å²) in [6.07, 6.45) is 3.67. The Kier molecular flexibility index (Phi) is 3.18. The lowest BCUT2D eigenvalue weighted by atomic mass is 10.1. The molecule has 2 aromatic rings. The lowest BCUT2D eigenvalue weighted by molar-refractivity contribution is 0.0904. The smallest absolute Gasteiger partial charge is 0.143 e. The molecule has 0 saturated carbocycles. The van der Waals surface area contributed by atoms with Crippen LogP contribution in [0.2, 0.25) is 0 Å². The Balaban J connectivity index is 1.83. The number of anilines is 1. The predicted octanol–water partition coefficient (Wildman–Crippen LogP) is 1.25. The van der Waals surface area contributed by atoms with Crippen molar-refractivity contribution in [3.05, 3.63) is 30.6 Å². The SMILES string of the molecule is c1ccc(-n2cnnn2)c(NC2CCOCC2)c1. The molecule has 3 rings (SSSR count). The fourth-order valence-electron chi connectivity index (χ4n) is 2.13. The molecule has 1 fully saturated rings. The number of ether oxygens (including phenoxy) is 1. The first-order valence-corrected chi connectivity index (χ1v) is 6.10. The van der Waals surface area contributed by atoms with Crippen LogP contribution in [0.4, 0.5) is 5.69 Å². The van der Waals surface area contributed by atoms with Crippen LogP contribution in [0, 0.1) is 0 Å². The monoisotopic (exact) mass is 245 g/mol. The fraction of sp³-hybridized carbons (Fsp3) is 0.417. The van der Waals surface area contributed by atoms with Crippen LogP contribution < -0.4 is 5.32 Å². The third kappa shape index (κ3) is 2.33. The van der Waals surface area contributed by atoms with E-state index < -0.39 is 0 Å². The zero-order valence-corrected chi connectivity index (χ0v) is 9.99. The van der Waals surface area contributed by atoms with Crippen molar-refractivity contribution in [3.8, 4) is 5.69 Å². The molecule has 1 aliphatic heterocycles. The van der Waals surface area contributed by atoms with Crippen molar-refractivity contribution in [2.75, 3.05) is 18.5 Å². The Hall–Kier alpha value is -1.95. The van der Waals surface area contributed by atoms with Gasteiger partial charge in [-0.3, -0.25) is 0 Å². The molecule has 1 aromatic heterocycles. The Bertz CT molecular complexity index is 493. The fourth-order valence-corrected chi connectivity index (χ4v) is 2.13. The average molecular weight is 245 g/mol. The van der Waals surface area contributed by atoms with Crippen molar-refractivity contribution in [1.82, 2.24) is 20.2 Å². The van der Waals surface area contributed by atoms with Crippen LogP contribution in [0.25, 0.3) is 5.69 Å². The van der Waals surface area contributed by atoms with E-state index in [9.17, 15) is 0 Å². The molecule has 0 bridgehead atoms. The van der Waals surface area contributed by atoms with Crippen molar-refractivity contribution in [3.63, 3.8) is 0 Å². The van der Waals surface area contributed by atoms with E-state index in [-0.39, 0.29) is 0 Å². The van der Waals surface area contributed by atoms with E-state index >= 15 is 0 Å². The van der Waals surface area contributed by atoms with Gasteiger partial charge in [-0.2, -0.15) is 4.68 Å². The maximum absolute atomic E-state index is 5.36. The topological polar surface area (TPSA) is 64.9 Å². The predicted molar refractivity (Wildman–Crippen MR) is 66.6 cm³/mol. The van der Waals surface area contributed by atoms with Gasteiger partial charge in [-0.1, -0.05) is 12.1 Å². The zero-order chi connectivity index (χ0) is 12.2. The van der Waals surface area contributed by atoms with Crippen LogP contribution in [-0.4, -0.2) is 39.5 Å². The molecule has 1 N–H and O–H groups in total. The van der Waals surface area contributed by atoms with Crippen molar-refractivity contribution < 1.29 is 4.74 Å². The van der Waals surface area contributed by atoms with Gasteiger partial charge < -0.3 is 10.1 Å². The molecule has 1 saturated heterocycles. The molecule has 0 atom stereocenters. The summed E-state index contributed by atoms with van der Waals surface area (Å²) in [4.78, 5) is 0. The van der Waals surface area contributed by atoms with E-state index in [1.54, 1.807) is 11.0 Å². The standard InChI is InChI=1S/C12H15N5O/c1-2-4-12(17-9-13-15-16-17)11(3-1)14-10-5-7-18-8-6-10/h1-4,9-10,14H,5-8H2. The van der Waals surface area contributed by atoms with Crippen molar-refractivity contribution in [2.24, 2.45) is 0 Å². The van der Waals surface area contributed by atoms with Crippen molar-refractivity contribution >= 4 is 5.69 Å². The first-order valence-electron chi connectivity index (χ1n) is 6.10. The molecule has 6 nitrogen and oxygen atoms in total. The maximum atomic E-state index is 5.36. The first kappa shape index (κ1) is 11.2. The van der Waals surface area contributed by atoms with Crippen LogP contribution in [0.15, 0.2) is 30.6 Å². The summed E-state index contributed by atoms with van der Waals surface area (Å²) in [6, 6.07) is 8.49. The number of hydrogen-bond acceptors (Lipinski definition) is 5. The van der Waals surface area contributed by atoms with Gasteiger partial charge in [-0.25, -0.2) is 0 Å². The second kappa shape index (κ2) is 5.14. The molecule has 94 valence electrons. The number of nitrogens with zero attached hydrogens (tertiary/aromatic N) is 4. The molecule has 1 aromatic carbocycles. The third-order valence-corrected chi connectivity index (χ3v) is 3.08. The Morgan fingerprint density at radius 2 is 2.06 bits per heavy atom. The number of para-hydroxylation sites is 2. The van der Waals surface area contributed by atoms with E-state index in [0.717, 1.165) is 37.4 Å². The highest BCUT2D eigenvalue weighted by molar-refractivity contribution is 5.60. The van der Waals surface area contributed by atoms with E-state index in [4.69, 9.17) is 4.74 Å². The molecular weight excluding hydrogens is 230 g/mol. The number of aromatic nitrogens is 4. The van der Waals surface area contributed by atoms with Gasteiger partial charge in [0, 0.05) is 19.3 Å². The van der Waals surface area contributed by atoms with Crippen LogP contribution >= 0.6 is 0 Å². The van der Waals surface area contributed by atoms with Gasteiger partial charge in [0.2, 0.25) is 0 Å². The molecule has 2 heterocycles. The molecule has 18 heavy (non-hydrogen) atoms. The third-order valence-electron chi connectivity index (χ3n) is 3.08. The molecular formula is C12H15N5O. The normalized spacial score (nSPS) is 16.7. The molecule has 0 aliphatic carbocycles. The summed E-state index contributed by atoms with van der Waals surface area (Å²) in [5.74, 6) is 0. The Labute approximate surface area is 105 Å². The minimum atomic E-state index is 0.455. The summed E-state index contributed by atoms with van der Waals surface area (Å²) in [5, 5.41) is 14.8. The molecule has 0 spiro atoms. The van der Waals surface area contributed by atoms with Crippen LogP contribution in [0.5, 0.6) is 0 Å². The molecule has 1 aliphatic rings. The highest BCUT2D eigenvalue weighted by Gasteiger charge is 2.15.